The first-order valence-corrected chi connectivity index (χ1v) is 19.4. The van der Waals surface area contributed by atoms with Gasteiger partial charge in [0.15, 0.2) is 5.78 Å². The smallest absolute Gasteiger partial charge is 0.252 e. The summed E-state index contributed by atoms with van der Waals surface area (Å²) in [4.78, 5) is 16.4. The summed E-state index contributed by atoms with van der Waals surface area (Å²) in [6, 6.07) is 7.35. The van der Waals surface area contributed by atoms with Crippen LogP contribution in [0.5, 0.6) is 0 Å². The molecule has 2 aromatic heterocycles. The van der Waals surface area contributed by atoms with Crippen molar-refractivity contribution in [3.8, 4) is 0 Å². The molecule has 9 heteroatoms. The zero-order valence-electron chi connectivity index (χ0n) is 26.2. The summed E-state index contributed by atoms with van der Waals surface area (Å²) >= 11 is 2.75. The Bertz CT molecular complexity index is 1640. The first-order chi connectivity index (χ1) is 20.8. The number of sulfonamides is 1. The number of carbonyl (C=O) groups is 1. The predicted molar refractivity (Wildman–Crippen MR) is 175 cm³/mol. The Morgan fingerprint density at radius 2 is 1.77 bits per heavy atom. The number of fused-ring (bicyclic) bond motifs is 1. The molecule has 2 bridgehead atoms. The SMILES string of the molecule is CCCN(C[C@]1(O)CC[C@H]2[C@]34C=C[C@@]5(C=C3C(=O)c3ccc(C)s3)CC(O)CC[C@]5(C)[C@H]4CC[C@@]21C)S(=O)(=O)c1cccs1. The molecule has 0 aromatic carbocycles. The summed E-state index contributed by atoms with van der Waals surface area (Å²) in [5.74, 6) is 0.271. The summed E-state index contributed by atoms with van der Waals surface area (Å²) in [7, 11) is -3.75. The largest absolute Gasteiger partial charge is 0.393 e. The lowest BCUT2D eigenvalue weighted by molar-refractivity contribution is -0.173. The molecular weight excluding hydrogens is 611 g/mol. The Morgan fingerprint density at radius 3 is 2.45 bits per heavy atom. The number of Topliss-reactive ketones (excluding diaryl/α,β-unsaturated/α-hetero) is 1. The highest BCUT2D eigenvalue weighted by atomic mass is 32.2. The maximum absolute atomic E-state index is 14.6. The van der Waals surface area contributed by atoms with Crippen LogP contribution in [0.1, 0.15) is 86.7 Å². The molecule has 44 heavy (non-hydrogen) atoms. The van der Waals surface area contributed by atoms with E-state index in [1.54, 1.807) is 17.5 Å². The van der Waals surface area contributed by atoms with Gasteiger partial charge in [-0.15, -0.1) is 22.7 Å². The summed E-state index contributed by atoms with van der Waals surface area (Å²) in [5.41, 5.74) is -1.99. The number of ketones is 1. The van der Waals surface area contributed by atoms with Gasteiger partial charge in [-0.05, 0) is 99.1 Å². The summed E-state index contributed by atoms with van der Waals surface area (Å²) < 4.78 is 29.4. The van der Waals surface area contributed by atoms with E-state index >= 15 is 0 Å². The fourth-order valence-corrected chi connectivity index (χ4v) is 14.2. The van der Waals surface area contributed by atoms with Crippen molar-refractivity contribution in [3.63, 3.8) is 0 Å². The van der Waals surface area contributed by atoms with Gasteiger partial charge < -0.3 is 10.2 Å². The van der Waals surface area contributed by atoms with Crippen LogP contribution in [0, 0.1) is 40.4 Å². The van der Waals surface area contributed by atoms with Gasteiger partial charge in [0.1, 0.15) is 4.21 Å². The fraction of sp³-hybridized carbons (Fsp3) is 0.629. The molecule has 6 aliphatic carbocycles. The van der Waals surface area contributed by atoms with Crippen LogP contribution in [0.25, 0.3) is 0 Å². The summed E-state index contributed by atoms with van der Waals surface area (Å²) in [6.45, 7) is 8.96. The zero-order valence-corrected chi connectivity index (χ0v) is 28.7. The molecule has 0 amide bonds. The molecule has 2 spiro atoms. The first-order valence-electron chi connectivity index (χ1n) is 16.3. The minimum Gasteiger partial charge on any atom is -0.393 e. The average Bonchev–Trinajstić information content (AvgIpc) is 3.73. The minimum atomic E-state index is -3.75. The van der Waals surface area contributed by atoms with Crippen LogP contribution in [-0.2, 0) is 10.0 Å². The number of aliphatic hydroxyl groups excluding tert-OH is 1. The quantitative estimate of drug-likeness (QED) is 0.236. The van der Waals surface area contributed by atoms with Gasteiger partial charge in [0.05, 0.1) is 16.6 Å². The lowest BCUT2D eigenvalue weighted by Gasteiger charge is -2.71. The fourth-order valence-electron chi connectivity index (χ4n) is 10.6. The third-order valence-corrected chi connectivity index (χ3v) is 17.1. The molecule has 1 unspecified atom stereocenters. The molecule has 0 aliphatic heterocycles. The predicted octanol–water partition coefficient (Wildman–Crippen LogP) is 6.99. The second-order valence-corrected chi connectivity index (χ2v) is 19.2. The molecule has 3 fully saturated rings. The Hall–Kier alpha value is -1.62. The van der Waals surface area contributed by atoms with Gasteiger partial charge in [-0.3, -0.25) is 4.79 Å². The number of hydrogen-bond acceptors (Lipinski definition) is 7. The Labute approximate surface area is 269 Å². The number of aryl methyl sites for hydroxylation is 1. The number of hydrogen-bond donors (Lipinski definition) is 2. The maximum atomic E-state index is 14.6. The van der Waals surface area contributed by atoms with Crippen LogP contribution in [0.15, 0.2) is 57.7 Å². The maximum Gasteiger partial charge on any atom is 0.252 e. The van der Waals surface area contributed by atoms with E-state index in [0.717, 1.165) is 47.4 Å². The standard InChI is InChI=1S/C35H45NO5S3/c1-5-18-36(44(40,41)29-7-6-19-42-29)22-34(39)15-12-28-32(34,4)14-11-27-31(3)13-10-24(37)20-33(31)16-17-35(27,28)25(21-33)30(38)26-9-8-23(2)43-26/h6-9,16-17,19,21,24,27-28,37,39H,5,10-15,18,20,22H2,1-4H3/t24?,27-,28-,31-,32+,33+,34-,35-/m1/s1. The normalized spacial score (nSPS) is 40.9. The summed E-state index contributed by atoms with van der Waals surface area (Å²) in [6.07, 6.45) is 12.3. The first kappa shape index (κ1) is 31.0. The highest BCUT2D eigenvalue weighted by Crippen LogP contribution is 2.78. The van der Waals surface area contributed by atoms with Gasteiger partial charge in [-0.2, -0.15) is 4.31 Å². The van der Waals surface area contributed by atoms with Gasteiger partial charge in [-0.25, -0.2) is 8.42 Å². The van der Waals surface area contributed by atoms with E-state index in [9.17, 15) is 23.4 Å². The van der Waals surface area contributed by atoms with Crippen LogP contribution in [0.2, 0.25) is 0 Å². The molecular formula is C35H45NO5S3. The Morgan fingerprint density at radius 1 is 1.05 bits per heavy atom. The van der Waals surface area contributed by atoms with Crippen LogP contribution in [0.3, 0.4) is 0 Å². The number of rotatable bonds is 8. The number of allylic oxidation sites excluding steroid dienone is 4. The minimum absolute atomic E-state index is 0.0128. The molecule has 3 saturated carbocycles. The van der Waals surface area contributed by atoms with Gasteiger partial charge in [0, 0.05) is 39.8 Å². The molecule has 6 nitrogen and oxygen atoms in total. The van der Waals surface area contributed by atoms with Crippen molar-refractivity contribution in [2.45, 2.75) is 95.0 Å². The number of thiophene rings is 2. The zero-order chi connectivity index (χ0) is 31.3. The van der Waals surface area contributed by atoms with Crippen molar-refractivity contribution >= 4 is 38.5 Å². The monoisotopic (exact) mass is 655 g/mol. The Kier molecular flexibility index (Phi) is 7.18. The van der Waals surface area contributed by atoms with E-state index in [1.165, 1.54) is 27.0 Å². The van der Waals surface area contributed by atoms with E-state index in [2.05, 4.69) is 32.1 Å². The highest BCUT2D eigenvalue weighted by Gasteiger charge is 2.74. The number of nitrogens with zero attached hydrogens (tertiary/aromatic N) is 1. The van der Waals surface area contributed by atoms with Gasteiger partial charge >= 0.3 is 0 Å². The summed E-state index contributed by atoms with van der Waals surface area (Å²) in [5, 5.41) is 25.4. The third-order valence-electron chi connectivity index (χ3n) is 12.9. The van der Waals surface area contributed by atoms with Gasteiger partial charge in [-0.1, -0.05) is 45.1 Å². The third kappa shape index (κ3) is 3.98. The van der Waals surface area contributed by atoms with Crippen molar-refractivity contribution < 1.29 is 23.4 Å². The molecule has 2 aromatic rings. The van der Waals surface area contributed by atoms with Crippen LogP contribution >= 0.6 is 22.7 Å². The molecule has 6 aliphatic rings. The van der Waals surface area contributed by atoms with E-state index in [0.29, 0.717) is 30.0 Å². The molecule has 8 atom stereocenters. The van der Waals surface area contributed by atoms with Crippen molar-refractivity contribution in [2.24, 2.45) is 33.5 Å². The highest BCUT2D eigenvalue weighted by molar-refractivity contribution is 7.91. The van der Waals surface area contributed by atoms with Crippen molar-refractivity contribution in [2.75, 3.05) is 13.1 Å². The van der Waals surface area contributed by atoms with Crippen LogP contribution in [-0.4, -0.2) is 53.5 Å². The van der Waals surface area contributed by atoms with E-state index in [4.69, 9.17) is 0 Å². The van der Waals surface area contributed by atoms with Crippen molar-refractivity contribution in [3.05, 3.63) is 63.2 Å². The lowest BCUT2D eigenvalue weighted by Crippen LogP contribution is -2.67. The number of aliphatic hydroxyl groups is 2. The second-order valence-electron chi connectivity index (χ2n) is 14.8. The topological polar surface area (TPSA) is 94.9 Å². The van der Waals surface area contributed by atoms with E-state index in [1.807, 2.05) is 26.0 Å². The second kappa shape index (κ2) is 10.2. The van der Waals surface area contributed by atoms with Crippen LogP contribution in [0.4, 0.5) is 0 Å². The molecule has 238 valence electrons. The van der Waals surface area contributed by atoms with E-state index in [-0.39, 0.29) is 35.0 Å². The van der Waals surface area contributed by atoms with Crippen molar-refractivity contribution in [1.82, 2.24) is 4.31 Å². The van der Waals surface area contributed by atoms with Gasteiger partial charge in [0.2, 0.25) is 0 Å². The molecule has 0 saturated heterocycles. The van der Waals surface area contributed by atoms with E-state index < -0.39 is 32.6 Å². The van der Waals surface area contributed by atoms with Gasteiger partial charge in [0.25, 0.3) is 10.0 Å². The number of carbonyl (C=O) groups excluding carboxylic acids is 1. The molecule has 2 N–H and O–H groups in total. The Balaban J connectivity index is 1.34. The molecule has 8 rings (SSSR count). The molecule has 2 heterocycles. The molecule has 0 radical (unpaired) electrons. The lowest BCUT2D eigenvalue weighted by atomic mass is 9.32. The average molecular weight is 656 g/mol. The van der Waals surface area contributed by atoms with Crippen LogP contribution < -0.4 is 0 Å². The van der Waals surface area contributed by atoms with Crippen molar-refractivity contribution in [1.29, 1.82) is 0 Å².